The first-order valence-corrected chi connectivity index (χ1v) is 11.2. The van der Waals surface area contributed by atoms with Crippen molar-refractivity contribution in [3.8, 4) is 5.69 Å². The monoisotopic (exact) mass is 414 g/mol. The summed E-state index contributed by atoms with van der Waals surface area (Å²) in [6.45, 7) is 2.02. The highest BCUT2D eigenvalue weighted by Crippen LogP contribution is 2.35. The molecule has 0 unspecified atom stereocenters. The Morgan fingerprint density at radius 2 is 2.00 bits per heavy atom. The molecule has 7 heteroatoms. The molecule has 1 aliphatic rings. The summed E-state index contributed by atoms with van der Waals surface area (Å²) in [5.41, 5.74) is 3.13. The summed E-state index contributed by atoms with van der Waals surface area (Å²) in [6, 6.07) is 7.90. The van der Waals surface area contributed by atoms with E-state index in [1.165, 1.54) is 35.7 Å². The lowest BCUT2D eigenvalue weighted by atomic mass is 9.97. The van der Waals surface area contributed by atoms with Crippen LogP contribution < -0.4 is 5.56 Å². The Labute approximate surface area is 171 Å². The highest BCUT2D eigenvalue weighted by atomic mass is 32.2. The molecule has 28 heavy (non-hydrogen) atoms. The standard InChI is InChI=1S/C21H22N2O3S2/c1-13-7-9-14(10-8-13)23-20(25)18-15-5-3-4-6-16(15)28-19(18)22-21(23)27-12-11-17(24)26-2/h7-10H,3-6,11-12H2,1-2H3. The number of aryl methyl sites for hydroxylation is 3. The van der Waals surface area contributed by atoms with E-state index >= 15 is 0 Å². The summed E-state index contributed by atoms with van der Waals surface area (Å²) in [5, 5.41) is 1.40. The molecule has 1 aromatic carbocycles. The van der Waals surface area contributed by atoms with Gasteiger partial charge in [0.2, 0.25) is 0 Å². The topological polar surface area (TPSA) is 61.2 Å². The van der Waals surface area contributed by atoms with Crippen LogP contribution in [0, 0.1) is 6.92 Å². The van der Waals surface area contributed by atoms with E-state index in [-0.39, 0.29) is 17.9 Å². The number of thiophene rings is 1. The number of hydrogen-bond acceptors (Lipinski definition) is 6. The molecule has 0 amide bonds. The summed E-state index contributed by atoms with van der Waals surface area (Å²) < 4.78 is 6.43. The number of nitrogens with zero attached hydrogens (tertiary/aromatic N) is 2. The molecule has 0 saturated heterocycles. The van der Waals surface area contributed by atoms with E-state index in [1.54, 1.807) is 15.9 Å². The minimum Gasteiger partial charge on any atom is -0.469 e. The maximum atomic E-state index is 13.5. The maximum absolute atomic E-state index is 13.5. The van der Waals surface area contributed by atoms with Gasteiger partial charge in [0.25, 0.3) is 5.56 Å². The van der Waals surface area contributed by atoms with Gasteiger partial charge in [-0.1, -0.05) is 29.5 Å². The molecule has 0 saturated carbocycles. The Balaban J connectivity index is 1.85. The van der Waals surface area contributed by atoms with Crippen molar-refractivity contribution in [2.75, 3.05) is 12.9 Å². The Morgan fingerprint density at radius 1 is 1.25 bits per heavy atom. The predicted octanol–water partition coefficient (Wildman–Crippen LogP) is 4.29. The lowest BCUT2D eigenvalue weighted by molar-refractivity contribution is -0.140. The van der Waals surface area contributed by atoms with Gasteiger partial charge in [-0.2, -0.15) is 0 Å². The van der Waals surface area contributed by atoms with Gasteiger partial charge in [-0.25, -0.2) is 4.98 Å². The Hall–Kier alpha value is -2.12. The lowest BCUT2D eigenvalue weighted by Gasteiger charge is -2.13. The van der Waals surface area contributed by atoms with Crippen LogP contribution >= 0.6 is 23.1 Å². The van der Waals surface area contributed by atoms with Gasteiger partial charge in [0, 0.05) is 10.6 Å². The van der Waals surface area contributed by atoms with Gasteiger partial charge in [-0.3, -0.25) is 14.2 Å². The summed E-state index contributed by atoms with van der Waals surface area (Å²) in [7, 11) is 1.38. The Kier molecular flexibility index (Phi) is 5.55. The number of hydrogen-bond donors (Lipinski definition) is 0. The first-order valence-electron chi connectivity index (χ1n) is 9.42. The zero-order valence-electron chi connectivity index (χ0n) is 16.0. The van der Waals surface area contributed by atoms with E-state index in [4.69, 9.17) is 9.72 Å². The van der Waals surface area contributed by atoms with Gasteiger partial charge in [-0.05, 0) is 50.3 Å². The minimum absolute atomic E-state index is 0.00572. The predicted molar refractivity (Wildman–Crippen MR) is 114 cm³/mol. The minimum atomic E-state index is -0.260. The van der Waals surface area contributed by atoms with Crippen LogP contribution in [0.3, 0.4) is 0 Å². The summed E-state index contributed by atoms with van der Waals surface area (Å²) in [4.78, 5) is 32.0. The van der Waals surface area contributed by atoms with E-state index in [9.17, 15) is 9.59 Å². The second-order valence-corrected chi connectivity index (χ2v) is 9.08. The summed E-state index contributed by atoms with van der Waals surface area (Å²) in [5.74, 6) is 0.256. The smallest absolute Gasteiger partial charge is 0.306 e. The third kappa shape index (κ3) is 3.61. The average molecular weight is 415 g/mol. The number of benzene rings is 1. The van der Waals surface area contributed by atoms with Crippen LogP contribution in [-0.2, 0) is 22.4 Å². The third-order valence-electron chi connectivity index (χ3n) is 5.02. The number of thioether (sulfide) groups is 1. The number of methoxy groups -OCH3 is 1. The van der Waals surface area contributed by atoms with Crippen molar-refractivity contribution >= 4 is 39.3 Å². The molecule has 0 bridgehead atoms. The fourth-order valence-electron chi connectivity index (χ4n) is 3.53. The molecule has 0 spiro atoms. The quantitative estimate of drug-likeness (QED) is 0.354. The van der Waals surface area contributed by atoms with Crippen molar-refractivity contribution in [2.24, 2.45) is 0 Å². The molecular formula is C21H22N2O3S2. The second-order valence-electron chi connectivity index (χ2n) is 6.94. The van der Waals surface area contributed by atoms with Crippen molar-refractivity contribution in [2.45, 2.75) is 44.2 Å². The van der Waals surface area contributed by atoms with Crippen LogP contribution in [0.1, 0.15) is 35.3 Å². The van der Waals surface area contributed by atoms with Gasteiger partial charge < -0.3 is 4.74 Å². The van der Waals surface area contributed by atoms with Crippen LogP contribution in [0.2, 0.25) is 0 Å². The lowest BCUT2D eigenvalue weighted by Crippen LogP contribution is -2.22. The molecule has 3 aromatic rings. The van der Waals surface area contributed by atoms with E-state index in [1.807, 2.05) is 31.2 Å². The molecule has 0 N–H and O–H groups in total. The van der Waals surface area contributed by atoms with Gasteiger partial charge in [0.05, 0.1) is 24.6 Å². The number of carbonyl (C=O) groups is 1. The van der Waals surface area contributed by atoms with E-state index in [0.717, 1.165) is 40.7 Å². The number of fused-ring (bicyclic) bond motifs is 3. The first-order chi connectivity index (χ1) is 13.6. The van der Waals surface area contributed by atoms with Crippen LogP contribution in [0.25, 0.3) is 15.9 Å². The maximum Gasteiger partial charge on any atom is 0.306 e. The SMILES string of the molecule is COC(=O)CCSc1nc2sc3c(c2c(=O)n1-c1ccc(C)cc1)CCCC3. The molecule has 0 radical (unpaired) electrons. The molecule has 1 aliphatic carbocycles. The molecule has 146 valence electrons. The molecule has 0 aliphatic heterocycles. The fourth-order valence-corrected chi connectivity index (χ4v) is 5.77. The van der Waals surface area contributed by atoms with Crippen LogP contribution in [-0.4, -0.2) is 28.4 Å². The van der Waals surface area contributed by atoms with Crippen molar-refractivity contribution in [3.05, 3.63) is 50.6 Å². The molecular weight excluding hydrogens is 392 g/mol. The van der Waals surface area contributed by atoms with Crippen LogP contribution in [0.15, 0.2) is 34.2 Å². The summed E-state index contributed by atoms with van der Waals surface area (Å²) in [6.07, 6.45) is 4.56. The molecule has 4 rings (SSSR count). The van der Waals surface area contributed by atoms with Gasteiger partial charge in [0.15, 0.2) is 5.16 Å². The van der Waals surface area contributed by atoms with Crippen LogP contribution in [0.4, 0.5) is 0 Å². The molecule has 2 aromatic heterocycles. The number of aromatic nitrogens is 2. The van der Waals surface area contributed by atoms with Crippen molar-refractivity contribution in [3.63, 3.8) is 0 Å². The number of rotatable bonds is 5. The third-order valence-corrected chi connectivity index (χ3v) is 7.14. The van der Waals surface area contributed by atoms with E-state index in [2.05, 4.69) is 0 Å². The number of esters is 1. The fraction of sp³-hybridized carbons (Fsp3) is 0.381. The number of ether oxygens (including phenoxy) is 1. The van der Waals surface area contributed by atoms with Gasteiger partial charge in [-0.15, -0.1) is 11.3 Å². The summed E-state index contributed by atoms with van der Waals surface area (Å²) >= 11 is 3.07. The largest absolute Gasteiger partial charge is 0.469 e. The molecule has 0 atom stereocenters. The van der Waals surface area contributed by atoms with E-state index in [0.29, 0.717) is 10.9 Å². The zero-order chi connectivity index (χ0) is 19.7. The zero-order valence-corrected chi connectivity index (χ0v) is 17.6. The van der Waals surface area contributed by atoms with Crippen molar-refractivity contribution in [1.29, 1.82) is 0 Å². The molecule has 5 nitrogen and oxygen atoms in total. The highest BCUT2D eigenvalue weighted by molar-refractivity contribution is 7.99. The second kappa shape index (κ2) is 8.09. The first kappa shape index (κ1) is 19.2. The van der Waals surface area contributed by atoms with E-state index < -0.39 is 0 Å². The normalized spacial score (nSPS) is 13.5. The van der Waals surface area contributed by atoms with Gasteiger partial charge in [0.1, 0.15) is 4.83 Å². The average Bonchev–Trinajstić information content (AvgIpc) is 3.07. The highest BCUT2D eigenvalue weighted by Gasteiger charge is 2.23. The Morgan fingerprint density at radius 3 is 2.75 bits per heavy atom. The number of carbonyl (C=O) groups excluding carboxylic acids is 1. The molecule has 0 fully saturated rings. The van der Waals surface area contributed by atoms with Crippen LogP contribution in [0.5, 0.6) is 0 Å². The molecule has 2 heterocycles. The van der Waals surface area contributed by atoms with Crippen molar-refractivity contribution in [1.82, 2.24) is 9.55 Å². The Bertz CT molecular complexity index is 1080. The van der Waals surface area contributed by atoms with Gasteiger partial charge >= 0.3 is 5.97 Å². The van der Waals surface area contributed by atoms with Crippen molar-refractivity contribution < 1.29 is 9.53 Å².